The van der Waals surface area contributed by atoms with Gasteiger partial charge in [-0.1, -0.05) is 6.92 Å². The molecule has 0 aromatic heterocycles. The number of nitrogens with one attached hydrogen (secondary N) is 4. The van der Waals surface area contributed by atoms with Crippen LogP contribution in [0, 0.1) is 0 Å². The first kappa shape index (κ1) is 29.1. The first-order valence-corrected chi connectivity index (χ1v) is 10.8. The minimum absolute atomic E-state index is 0.138. The van der Waals surface area contributed by atoms with Crippen LogP contribution in [-0.2, 0) is 19.1 Å². The van der Waals surface area contributed by atoms with Gasteiger partial charge in [0.05, 0.1) is 0 Å². The van der Waals surface area contributed by atoms with E-state index >= 15 is 0 Å². The highest BCUT2D eigenvalue weighted by molar-refractivity contribution is 6.01. The van der Waals surface area contributed by atoms with E-state index in [1.54, 1.807) is 55.4 Å². The van der Waals surface area contributed by atoms with E-state index in [1.807, 2.05) is 0 Å². The Kier molecular flexibility index (Phi) is 12.3. The Bertz CT molecular complexity index is 647. The van der Waals surface area contributed by atoms with Crippen molar-refractivity contribution in [1.82, 2.24) is 21.3 Å². The number of amides is 4. The van der Waals surface area contributed by atoms with E-state index in [9.17, 15) is 19.2 Å². The fraction of sp³-hybridized carbons (Fsp3) is 0.762. The highest BCUT2D eigenvalue weighted by Crippen LogP contribution is 2.08. The van der Waals surface area contributed by atoms with Crippen molar-refractivity contribution in [2.75, 3.05) is 13.1 Å². The summed E-state index contributed by atoms with van der Waals surface area (Å²) in [5.41, 5.74) is -1.48. The Labute approximate surface area is 190 Å². The molecule has 0 aliphatic heterocycles. The summed E-state index contributed by atoms with van der Waals surface area (Å²) in [5.74, 6) is -0.651. The van der Waals surface area contributed by atoms with Crippen molar-refractivity contribution in [1.29, 1.82) is 0 Å². The quantitative estimate of drug-likeness (QED) is 0.250. The van der Waals surface area contributed by atoms with Crippen molar-refractivity contribution >= 4 is 30.0 Å². The van der Waals surface area contributed by atoms with Gasteiger partial charge in [0.1, 0.15) is 17.2 Å². The fourth-order valence-electron chi connectivity index (χ4n) is 2.26. The van der Waals surface area contributed by atoms with Crippen LogP contribution in [0.25, 0.3) is 0 Å². The highest BCUT2D eigenvalue weighted by atomic mass is 16.6. The lowest BCUT2D eigenvalue weighted by Crippen LogP contribution is -2.47. The molecule has 32 heavy (non-hydrogen) atoms. The molecule has 184 valence electrons. The molecule has 0 aromatic rings. The average Bonchev–Trinajstić information content (AvgIpc) is 2.60. The lowest BCUT2D eigenvalue weighted by molar-refractivity contribution is -0.129. The Morgan fingerprint density at radius 2 is 1.38 bits per heavy atom. The molecule has 0 unspecified atom stereocenters. The van der Waals surface area contributed by atoms with Gasteiger partial charge in [0, 0.05) is 19.5 Å². The molecule has 0 fully saturated rings. The molecule has 1 atom stereocenters. The molecule has 0 saturated heterocycles. The minimum atomic E-state index is -0.789. The Balaban J connectivity index is 5.16. The van der Waals surface area contributed by atoms with Crippen LogP contribution < -0.4 is 21.3 Å². The minimum Gasteiger partial charge on any atom is -0.444 e. The van der Waals surface area contributed by atoms with Crippen LogP contribution in [0.3, 0.4) is 0 Å². The van der Waals surface area contributed by atoms with Gasteiger partial charge in [0.15, 0.2) is 0 Å². The summed E-state index contributed by atoms with van der Waals surface area (Å²) in [4.78, 5) is 52.2. The first-order chi connectivity index (χ1) is 14.7. The standard InChI is InChI=1S/C21H39N5O6/c1-9-15(27)24-14(16(28)22-10-2)12-11-13-23-17(25-18(29)31-20(3,4)5)26-19(30)32-21(6,7)8/h14H,9-13H2,1-8H3,(H,22,28)(H,24,27)(H2,23,25,26,29,30)/t14-/m0/s1. The number of hydrogen-bond donors (Lipinski definition) is 4. The monoisotopic (exact) mass is 457 g/mol. The van der Waals surface area contributed by atoms with Crippen LogP contribution >= 0.6 is 0 Å². The third-order valence-electron chi connectivity index (χ3n) is 3.48. The van der Waals surface area contributed by atoms with Gasteiger partial charge in [0.2, 0.25) is 17.8 Å². The first-order valence-electron chi connectivity index (χ1n) is 10.8. The van der Waals surface area contributed by atoms with Crippen molar-refractivity contribution in [2.24, 2.45) is 4.99 Å². The third-order valence-corrected chi connectivity index (χ3v) is 3.48. The molecular formula is C21H39N5O6. The topological polar surface area (TPSA) is 147 Å². The second kappa shape index (κ2) is 13.5. The second-order valence-corrected chi connectivity index (χ2v) is 8.99. The van der Waals surface area contributed by atoms with Gasteiger partial charge < -0.3 is 20.1 Å². The van der Waals surface area contributed by atoms with Crippen LogP contribution in [0.15, 0.2) is 4.99 Å². The number of nitrogens with zero attached hydrogens (tertiary/aromatic N) is 1. The summed E-state index contributed by atoms with van der Waals surface area (Å²) in [7, 11) is 0. The number of aliphatic imine (C=N–C) groups is 1. The molecule has 4 N–H and O–H groups in total. The lowest BCUT2D eigenvalue weighted by atomic mass is 10.1. The van der Waals surface area contributed by atoms with Crippen LogP contribution in [-0.4, -0.2) is 60.3 Å². The number of ether oxygens (including phenoxy) is 2. The molecule has 0 saturated carbocycles. The predicted molar refractivity (Wildman–Crippen MR) is 121 cm³/mol. The predicted octanol–water partition coefficient (Wildman–Crippen LogP) is 2.20. The molecule has 4 amide bonds. The van der Waals surface area contributed by atoms with Crippen LogP contribution in [0.2, 0.25) is 0 Å². The van der Waals surface area contributed by atoms with Gasteiger partial charge in [-0.2, -0.15) is 0 Å². The number of guanidine groups is 1. The third kappa shape index (κ3) is 15.0. The van der Waals surface area contributed by atoms with Crippen molar-refractivity contribution in [3.05, 3.63) is 0 Å². The Morgan fingerprint density at radius 1 is 0.875 bits per heavy atom. The van der Waals surface area contributed by atoms with Gasteiger partial charge in [-0.05, 0) is 61.3 Å². The van der Waals surface area contributed by atoms with E-state index in [-0.39, 0.29) is 30.7 Å². The van der Waals surface area contributed by atoms with Gasteiger partial charge in [-0.15, -0.1) is 0 Å². The molecule has 0 aliphatic carbocycles. The SMILES string of the molecule is CCNC(=O)[C@H](CCCN=C(NC(=O)OC(C)(C)C)NC(=O)OC(C)(C)C)NC(=O)CC. The summed E-state index contributed by atoms with van der Waals surface area (Å²) in [6, 6.07) is -0.696. The summed E-state index contributed by atoms with van der Waals surface area (Å²) < 4.78 is 10.4. The summed E-state index contributed by atoms with van der Waals surface area (Å²) in [6.45, 7) is 14.3. The maximum absolute atomic E-state index is 12.2. The number of alkyl carbamates (subject to hydrolysis) is 2. The molecule has 0 rings (SSSR count). The van der Waals surface area contributed by atoms with E-state index < -0.39 is 29.4 Å². The normalized spacial score (nSPS) is 12.1. The zero-order valence-corrected chi connectivity index (χ0v) is 20.5. The van der Waals surface area contributed by atoms with E-state index in [4.69, 9.17) is 9.47 Å². The summed E-state index contributed by atoms with van der Waals surface area (Å²) in [6.07, 6.45) is -0.586. The highest BCUT2D eigenvalue weighted by Gasteiger charge is 2.22. The number of carbonyl (C=O) groups is 4. The van der Waals surface area contributed by atoms with E-state index in [2.05, 4.69) is 26.3 Å². The maximum Gasteiger partial charge on any atom is 0.414 e. The van der Waals surface area contributed by atoms with Crippen LogP contribution in [0.1, 0.15) is 74.7 Å². The van der Waals surface area contributed by atoms with Crippen LogP contribution in [0.4, 0.5) is 9.59 Å². The molecule has 0 bridgehead atoms. The molecule has 0 aliphatic rings. The fourth-order valence-corrected chi connectivity index (χ4v) is 2.26. The van der Waals surface area contributed by atoms with Gasteiger partial charge in [-0.3, -0.25) is 25.2 Å². The molecular weight excluding hydrogens is 418 g/mol. The van der Waals surface area contributed by atoms with E-state index in [0.29, 0.717) is 19.4 Å². The summed E-state index contributed by atoms with van der Waals surface area (Å²) >= 11 is 0. The van der Waals surface area contributed by atoms with Crippen molar-refractivity contribution < 1.29 is 28.7 Å². The van der Waals surface area contributed by atoms with Gasteiger partial charge >= 0.3 is 12.2 Å². The molecule has 0 radical (unpaired) electrons. The largest absolute Gasteiger partial charge is 0.444 e. The van der Waals surface area contributed by atoms with Crippen molar-refractivity contribution in [3.8, 4) is 0 Å². The zero-order chi connectivity index (χ0) is 24.9. The molecule has 11 heteroatoms. The molecule has 0 heterocycles. The number of hydrogen-bond acceptors (Lipinski definition) is 7. The second-order valence-electron chi connectivity index (χ2n) is 8.99. The van der Waals surface area contributed by atoms with Crippen LogP contribution in [0.5, 0.6) is 0 Å². The number of carbonyl (C=O) groups excluding carboxylic acids is 4. The Morgan fingerprint density at radius 3 is 1.78 bits per heavy atom. The van der Waals surface area contributed by atoms with E-state index in [0.717, 1.165) is 0 Å². The lowest BCUT2D eigenvalue weighted by Gasteiger charge is -2.22. The molecule has 11 nitrogen and oxygen atoms in total. The Hall–Kier alpha value is -2.85. The van der Waals surface area contributed by atoms with Crippen molar-refractivity contribution in [3.63, 3.8) is 0 Å². The zero-order valence-electron chi connectivity index (χ0n) is 20.5. The number of likely N-dealkylation sites (N-methyl/N-ethyl adjacent to an activating group) is 1. The summed E-state index contributed by atoms with van der Waals surface area (Å²) in [5, 5.41) is 10.1. The van der Waals surface area contributed by atoms with Crippen molar-refractivity contribution in [2.45, 2.75) is 91.9 Å². The average molecular weight is 458 g/mol. The number of rotatable bonds is 8. The van der Waals surface area contributed by atoms with E-state index in [1.165, 1.54) is 0 Å². The molecule has 0 spiro atoms. The molecule has 0 aromatic carbocycles. The van der Waals surface area contributed by atoms with Gasteiger partial charge in [-0.25, -0.2) is 9.59 Å². The van der Waals surface area contributed by atoms with Gasteiger partial charge in [0.25, 0.3) is 0 Å². The maximum atomic E-state index is 12.2. The smallest absolute Gasteiger partial charge is 0.414 e.